The van der Waals surface area contributed by atoms with Crippen molar-refractivity contribution in [1.29, 1.82) is 0 Å². The molecule has 2 rings (SSSR count). The second-order valence-corrected chi connectivity index (χ2v) is 3.15. The van der Waals surface area contributed by atoms with Crippen LogP contribution in [-0.4, -0.2) is 5.97 Å². The monoisotopic (exact) mass is 203 g/mol. The molecule has 2 aromatic rings. The molecule has 0 aliphatic rings. The molecule has 0 bridgehead atoms. The van der Waals surface area contributed by atoms with Crippen LogP contribution in [0, 0.1) is 0 Å². The molecule has 0 spiro atoms. The summed E-state index contributed by atoms with van der Waals surface area (Å²) in [5, 5.41) is 11.1. The van der Waals surface area contributed by atoms with E-state index in [0.29, 0.717) is 11.0 Å². The fraction of sp³-hybridized carbons (Fsp3) is 0.0909. The highest BCUT2D eigenvalue weighted by Gasteiger charge is 2.04. The first-order valence-corrected chi connectivity index (χ1v) is 4.38. The summed E-state index contributed by atoms with van der Waals surface area (Å²) in [7, 11) is 0. The zero-order valence-electron chi connectivity index (χ0n) is 7.73. The smallest absolute Gasteiger partial charge is 0.339 e. The average Bonchev–Trinajstić information content (AvgIpc) is 2.18. The van der Waals surface area contributed by atoms with Gasteiger partial charge in [0, 0.05) is 23.3 Å². The van der Waals surface area contributed by atoms with E-state index in [-0.39, 0.29) is 5.56 Å². The maximum Gasteiger partial charge on any atom is 0.339 e. The number of aliphatic carboxylic acids is 1. The molecule has 0 N–H and O–H groups in total. The van der Waals surface area contributed by atoms with Gasteiger partial charge in [-0.15, -0.1) is 0 Å². The highest BCUT2D eigenvalue weighted by Crippen LogP contribution is 2.12. The molecule has 0 aliphatic carbocycles. The van der Waals surface area contributed by atoms with Crippen molar-refractivity contribution in [3.63, 3.8) is 0 Å². The second kappa shape index (κ2) is 3.57. The molecule has 1 aromatic heterocycles. The van der Waals surface area contributed by atoms with E-state index in [1.165, 1.54) is 6.07 Å². The third-order valence-electron chi connectivity index (χ3n) is 2.05. The average molecular weight is 203 g/mol. The molecule has 15 heavy (non-hydrogen) atoms. The molecule has 4 heteroatoms. The number of rotatable bonds is 2. The summed E-state index contributed by atoms with van der Waals surface area (Å²) in [6.07, 6.45) is -0.423. The number of hydrogen-bond donors (Lipinski definition) is 0. The predicted molar refractivity (Wildman–Crippen MR) is 51.2 cm³/mol. The van der Waals surface area contributed by atoms with Crippen molar-refractivity contribution in [2.45, 2.75) is 6.42 Å². The van der Waals surface area contributed by atoms with Crippen molar-refractivity contribution in [3.05, 3.63) is 46.3 Å². The van der Waals surface area contributed by atoms with Crippen molar-refractivity contribution in [2.75, 3.05) is 0 Å². The van der Waals surface area contributed by atoms with Gasteiger partial charge in [0.15, 0.2) is 0 Å². The van der Waals surface area contributed by atoms with Crippen molar-refractivity contribution in [1.82, 2.24) is 0 Å². The summed E-state index contributed by atoms with van der Waals surface area (Å²) >= 11 is 0. The molecule has 0 radical (unpaired) electrons. The zero-order valence-corrected chi connectivity index (χ0v) is 7.73. The molecule has 0 atom stereocenters. The van der Waals surface area contributed by atoms with Gasteiger partial charge in [-0.3, -0.25) is 0 Å². The predicted octanol–water partition coefficient (Wildman–Crippen LogP) is 0.0854. The number of para-hydroxylation sites is 1. The van der Waals surface area contributed by atoms with Gasteiger partial charge in [-0.25, -0.2) is 4.79 Å². The largest absolute Gasteiger partial charge is 0.550 e. The summed E-state index contributed by atoms with van der Waals surface area (Å²) < 4.78 is 4.95. The Hall–Kier alpha value is -2.10. The third kappa shape index (κ3) is 1.88. The van der Waals surface area contributed by atoms with Gasteiger partial charge in [-0.05, 0) is 12.1 Å². The van der Waals surface area contributed by atoms with Crippen molar-refractivity contribution in [2.24, 2.45) is 0 Å². The van der Waals surface area contributed by atoms with Crippen LogP contribution >= 0.6 is 0 Å². The van der Waals surface area contributed by atoms with Gasteiger partial charge in [0.25, 0.3) is 0 Å². The number of carboxylic acids is 1. The molecule has 0 fully saturated rings. The Balaban J connectivity index is 2.62. The molecule has 0 aliphatic heterocycles. The molecule has 1 aromatic carbocycles. The lowest BCUT2D eigenvalue weighted by Crippen LogP contribution is -2.26. The van der Waals surface area contributed by atoms with Crippen LogP contribution in [-0.2, 0) is 11.2 Å². The molecular formula is C11H7O4-. The Labute approximate surface area is 84.8 Å². The summed E-state index contributed by atoms with van der Waals surface area (Å²) in [6.45, 7) is 0. The number of carboxylic acid groups (broad SMARTS) is 1. The fourth-order valence-corrected chi connectivity index (χ4v) is 1.38. The lowest BCUT2D eigenvalue weighted by molar-refractivity contribution is -0.304. The van der Waals surface area contributed by atoms with Crippen molar-refractivity contribution in [3.8, 4) is 0 Å². The summed E-state index contributed by atoms with van der Waals surface area (Å²) in [4.78, 5) is 21.7. The van der Waals surface area contributed by atoms with Gasteiger partial charge in [-0.2, -0.15) is 0 Å². The summed E-state index contributed by atoms with van der Waals surface area (Å²) in [6, 6.07) is 8.43. The van der Waals surface area contributed by atoms with Crippen LogP contribution in [0.5, 0.6) is 0 Å². The van der Waals surface area contributed by atoms with Gasteiger partial charge in [0.2, 0.25) is 0 Å². The first-order valence-electron chi connectivity index (χ1n) is 4.38. The van der Waals surface area contributed by atoms with Gasteiger partial charge in [0.1, 0.15) is 5.58 Å². The Bertz CT molecular complexity index is 568. The van der Waals surface area contributed by atoms with Crippen molar-refractivity contribution < 1.29 is 14.3 Å². The van der Waals surface area contributed by atoms with Crippen LogP contribution in [0.4, 0.5) is 0 Å². The molecule has 0 saturated heterocycles. The van der Waals surface area contributed by atoms with Crippen molar-refractivity contribution >= 4 is 16.9 Å². The first-order chi connectivity index (χ1) is 7.16. The van der Waals surface area contributed by atoms with Crippen LogP contribution in [0.2, 0.25) is 0 Å². The van der Waals surface area contributed by atoms with Gasteiger partial charge in [-0.1, -0.05) is 18.2 Å². The second-order valence-electron chi connectivity index (χ2n) is 3.15. The standard InChI is InChI=1S/C11H8O4/c12-10(13)6-8-5-7-3-1-2-4-9(7)15-11(8)14/h1-5H,6H2,(H,12,13)/p-1. The summed E-state index contributed by atoms with van der Waals surface area (Å²) in [5.41, 5.74) is -0.0730. The van der Waals surface area contributed by atoms with E-state index >= 15 is 0 Å². The SMILES string of the molecule is O=C([O-])Cc1cc2ccccc2oc1=O. The minimum atomic E-state index is -1.29. The lowest BCUT2D eigenvalue weighted by Gasteiger charge is -2.02. The van der Waals surface area contributed by atoms with E-state index < -0.39 is 18.0 Å². The van der Waals surface area contributed by atoms with E-state index in [1.807, 2.05) is 0 Å². The highest BCUT2D eigenvalue weighted by atomic mass is 16.4. The lowest BCUT2D eigenvalue weighted by atomic mass is 10.1. The highest BCUT2D eigenvalue weighted by molar-refractivity contribution is 5.78. The minimum Gasteiger partial charge on any atom is -0.550 e. The van der Waals surface area contributed by atoms with Gasteiger partial charge >= 0.3 is 5.63 Å². The molecular weight excluding hydrogens is 196 g/mol. The quantitative estimate of drug-likeness (QED) is 0.648. The van der Waals surface area contributed by atoms with Crippen LogP contribution in [0.1, 0.15) is 5.56 Å². The minimum absolute atomic E-state index is 0.105. The van der Waals surface area contributed by atoms with E-state index in [9.17, 15) is 14.7 Å². The number of carbonyl (C=O) groups excluding carboxylic acids is 1. The molecule has 0 unspecified atom stereocenters. The Kier molecular flexibility index (Phi) is 2.25. The number of hydrogen-bond acceptors (Lipinski definition) is 4. The Morgan fingerprint density at radius 2 is 2.07 bits per heavy atom. The zero-order chi connectivity index (χ0) is 10.8. The number of fused-ring (bicyclic) bond motifs is 1. The molecule has 0 saturated carbocycles. The van der Waals surface area contributed by atoms with Crippen LogP contribution in [0.25, 0.3) is 11.0 Å². The molecule has 0 amide bonds. The topological polar surface area (TPSA) is 70.3 Å². The summed E-state index contributed by atoms with van der Waals surface area (Å²) in [5.74, 6) is -1.29. The van der Waals surface area contributed by atoms with E-state index in [4.69, 9.17) is 4.42 Å². The molecule has 4 nitrogen and oxygen atoms in total. The Morgan fingerprint density at radius 1 is 1.33 bits per heavy atom. The van der Waals surface area contributed by atoms with E-state index in [0.717, 1.165) is 0 Å². The third-order valence-corrected chi connectivity index (χ3v) is 2.05. The maximum absolute atomic E-state index is 11.3. The maximum atomic E-state index is 11.3. The fourth-order valence-electron chi connectivity index (χ4n) is 1.38. The first kappa shape index (κ1) is 9.45. The molecule has 1 heterocycles. The van der Waals surface area contributed by atoms with Gasteiger partial charge < -0.3 is 14.3 Å². The van der Waals surface area contributed by atoms with E-state index in [2.05, 4.69) is 0 Å². The van der Waals surface area contributed by atoms with Crippen LogP contribution in [0.3, 0.4) is 0 Å². The molecule has 76 valence electrons. The van der Waals surface area contributed by atoms with Crippen LogP contribution < -0.4 is 10.7 Å². The van der Waals surface area contributed by atoms with Crippen LogP contribution in [0.15, 0.2) is 39.5 Å². The number of benzene rings is 1. The number of carbonyl (C=O) groups is 1. The Morgan fingerprint density at radius 3 is 2.80 bits per heavy atom. The van der Waals surface area contributed by atoms with E-state index in [1.54, 1.807) is 24.3 Å². The normalized spacial score (nSPS) is 10.4. The van der Waals surface area contributed by atoms with Gasteiger partial charge in [0.05, 0.1) is 0 Å².